The van der Waals surface area contributed by atoms with E-state index in [9.17, 15) is 4.79 Å². The summed E-state index contributed by atoms with van der Waals surface area (Å²) >= 11 is 0. The molecule has 1 amide bonds. The number of imidazole rings is 1. The molecule has 6 rings (SSSR count). The van der Waals surface area contributed by atoms with E-state index in [0.29, 0.717) is 29.3 Å². The van der Waals surface area contributed by atoms with Crippen molar-refractivity contribution in [2.75, 3.05) is 5.32 Å². The van der Waals surface area contributed by atoms with E-state index < -0.39 is 0 Å². The molecule has 0 aromatic carbocycles. The fraction of sp³-hybridized carbons (Fsp3) is 0.148. The first-order chi connectivity index (χ1) is 18.0. The summed E-state index contributed by atoms with van der Waals surface area (Å²) in [6, 6.07) is 9.55. The molecule has 0 bridgehead atoms. The van der Waals surface area contributed by atoms with Gasteiger partial charge >= 0.3 is 0 Å². The van der Waals surface area contributed by atoms with Crippen LogP contribution in [-0.4, -0.2) is 46.0 Å². The second-order valence-corrected chi connectivity index (χ2v) is 9.18. The maximum Gasteiger partial charge on any atom is 0.224 e. The zero-order valence-electron chi connectivity index (χ0n) is 20.2. The molecule has 0 fully saturated rings. The number of fused-ring (bicyclic) bond motifs is 2. The van der Waals surface area contributed by atoms with Crippen LogP contribution in [0.4, 0.5) is 5.69 Å². The molecule has 0 saturated heterocycles. The lowest BCUT2D eigenvalue weighted by atomic mass is 10.1. The van der Waals surface area contributed by atoms with Crippen molar-refractivity contribution in [3.8, 4) is 34.0 Å². The van der Waals surface area contributed by atoms with E-state index in [0.717, 1.165) is 38.8 Å². The van der Waals surface area contributed by atoms with Crippen LogP contribution in [-0.2, 0) is 4.79 Å². The molecule has 0 spiro atoms. The van der Waals surface area contributed by atoms with Crippen molar-refractivity contribution in [3.05, 3.63) is 67.5 Å². The Morgan fingerprint density at radius 3 is 2.70 bits per heavy atom. The number of hydrogen-bond donors (Lipinski definition) is 3. The Morgan fingerprint density at radius 1 is 0.973 bits per heavy atom. The lowest BCUT2D eigenvalue weighted by molar-refractivity contribution is -0.116. The molecule has 10 nitrogen and oxygen atoms in total. The van der Waals surface area contributed by atoms with Crippen molar-refractivity contribution in [1.82, 2.24) is 40.1 Å². The predicted octanol–water partition coefficient (Wildman–Crippen LogP) is 5.00. The Kier molecular flexibility index (Phi) is 5.61. The van der Waals surface area contributed by atoms with Gasteiger partial charge in [0.2, 0.25) is 5.91 Å². The smallest absolute Gasteiger partial charge is 0.224 e. The van der Waals surface area contributed by atoms with Gasteiger partial charge < -0.3 is 10.3 Å². The monoisotopic (exact) mass is 489 g/mol. The Hall–Kier alpha value is -4.99. The summed E-state index contributed by atoms with van der Waals surface area (Å²) in [5.74, 6) is 0.837. The first kappa shape index (κ1) is 22.5. The fourth-order valence-corrected chi connectivity index (χ4v) is 4.24. The van der Waals surface area contributed by atoms with Crippen molar-refractivity contribution in [2.24, 2.45) is 5.92 Å². The van der Waals surface area contributed by atoms with Gasteiger partial charge in [0.1, 0.15) is 11.2 Å². The van der Waals surface area contributed by atoms with Gasteiger partial charge in [-0.05, 0) is 30.2 Å². The van der Waals surface area contributed by atoms with Crippen molar-refractivity contribution in [3.63, 3.8) is 0 Å². The van der Waals surface area contributed by atoms with Crippen LogP contribution in [0.15, 0.2) is 67.5 Å². The van der Waals surface area contributed by atoms with Crippen molar-refractivity contribution >= 4 is 33.5 Å². The van der Waals surface area contributed by atoms with Gasteiger partial charge in [-0.25, -0.2) is 4.98 Å². The van der Waals surface area contributed by atoms with E-state index >= 15 is 0 Å². The lowest BCUT2D eigenvalue weighted by Gasteiger charge is -2.08. The van der Waals surface area contributed by atoms with Gasteiger partial charge in [-0.15, -0.1) is 0 Å². The summed E-state index contributed by atoms with van der Waals surface area (Å²) in [5, 5.41) is 11.3. The number of nitrogens with one attached hydrogen (secondary N) is 3. The predicted molar refractivity (Wildman–Crippen MR) is 141 cm³/mol. The quantitative estimate of drug-likeness (QED) is 0.299. The number of rotatable bonds is 6. The molecular weight excluding hydrogens is 466 g/mol. The average molecular weight is 490 g/mol. The van der Waals surface area contributed by atoms with Gasteiger partial charge in [-0.2, -0.15) is 5.10 Å². The van der Waals surface area contributed by atoms with Crippen LogP contribution in [0.3, 0.4) is 0 Å². The Bertz CT molecular complexity index is 1740. The number of carbonyl (C=O) groups excluding carboxylic acids is 1. The van der Waals surface area contributed by atoms with E-state index in [1.165, 1.54) is 0 Å². The molecular formula is C27H23N9O. The van der Waals surface area contributed by atoms with Crippen LogP contribution < -0.4 is 5.32 Å². The third-order valence-corrected chi connectivity index (χ3v) is 5.92. The Labute approximate surface area is 211 Å². The van der Waals surface area contributed by atoms with E-state index in [1.54, 1.807) is 37.2 Å². The lowest BCUT2D eigenvalue weighted by Crippen LogP contribution is -2.13. The average Bonchev–Trinajstić information content (AvgIpc) is 3.52. The SMILES string of the molecule is CC(C)CC(=O)Nc1cncc(-c2cc3c(-c4nc5c(-c6ccccn6)cncc5[nH]4)n[nH]c3cn2)c1. The van der Waals surface area contributed by atoms with Gasteiger partial charge in [0, 0.05) is 41.5 Å². The number of carbonyl (C=O) groups is 1. The van der Waals surface area contributed by atoms with Crippen LogP contribution >= 0.6 is 0 Å². The summed E-state index contributed by atoms with van der Waals surface area (Å²) in [6.45, 7) is 4.02. The number of anilines is 1. The van der Waals surface area contributed by atoms with E-state index in [1.807, 2.05) is 44.2 Å². The molecule has 37 heavy (non-hydrogen) atoms. The number of H-pyrrole nitrogens is 2. The summed E-state index contributed by atoms with van der Waals surface area (Å²) < 4.78 is 0. The molecule has 6 heterocycles. The van der Waals surface area contributed by atoms with Gasteiger partial charge in [-0.3, -0.25) is 29.8 Å². The maximum atomic E-state index is 12.2. The van der Waals surface area contributed by atoms with Gasteiger partial charge in [0.15, 0.2) is 5.82 Å². The van der Waals surface area contributed by atoms with Crippen LogP contribution in [0.1, 0.15) is 20.3 Å². The highest BCUT2D eigenvalue weighted by Crippen LogP contribution is 2.31. The molecule has 0 aliphatic heterocycles. The van der Waals surface area contributed by atoms with Crippen LogP contribution in [0.25, 0.3) is 56.0 Å². The molecule has 0 radical (unpaired) electrons. The van der Waals surface area contributed by atoms with Crippen molar-refractivity contribution in [1.29, 1.82) is 0 Å². The highest BCUT2D eigenvalue weighted by atomic mass is 16.1. The highest BCUT2D eigenvalue weighted by Gasteiger charge is 2.17. The molecule has 0 saturated carbocycles. The fourth-order valence-electron chi connectivity index (χ4n) is 4.24. The highest BCUT2D eigenvalue weighted by molar-refractivity contribution is 5.97. The minimum absolute atomic E-state index is 0.0427. The third kappa shape index (κ3) is 4.40. The molecule has 6 aromatic heterocycles. The van der Waals surface area contributed by atoms with Crippen molar-refractivity contribution in [2.45, 2.75) is 20.3 Å². The van der Waals surface area contributed by atoms with Gasteiger partial charge in [-0.1, -0.05) is 19.9 Å². The summed E-state index contributed by atoms with van der Waals surface area (Å²) in [6.07, 6.45) is 10.8. The summed E-state index contributed by atoms with van der Waals surface area (Å²) in [7, 11) is 0. The second kappa shape index (κ2) is 9.23. The Morgan fingerprint density at radius 2 is 1.86 bits per heavy atom. The molecule has 0 atom stereocenters. The van der Waals surface area contributed by atoms with E-state index in [2.05, 4.69) is 40.4 Å². The normalized spacial score (nSPS) is 11.4. The van der Waals surface area contributed by atoms with E-state index in [-0.39, 0.29) is 11.8 Å². The maximum absolute atomic E-state index is 12.2. The molecule has 3 N–H and O–H groups in total. The first-order valence-corrected chi connectivity index (χ1v) is 11.9. The Balaban J connectivity index is 1.38. The number of amides is 1. The van der Waals surface area contributed by atoms with Crippen LogP contribution in [0.2, 0.25) is 0 Å². The number of aromatic amines is 2. The number of pyridine rings is 4. The number of hydrogen-bond acceptors (Lipinski definition) is 7. The third-order valence-electron chi connectivity index (χ3n) is 5.92. The number of aromatic nitrogens is 8. The summed E-state index contributed by atoms with van der Waals surface area (Å²) in [5.41, 5.74) is 6.74. The topological polar surface area (TPSA) is 138 Å². The van der Waals surface area contributed by atoms with Crippen LogP contribution in [0.5, 0.6) is 0 Å². The molecule has 6 aromatic rings. The zero-order valence-corrected chi connectivity index (χ0v) is 20.2. The number of nitrogens with zero attached hydrogens (tertiary/aromatic N) is 6. The van der Waals surface area contributed by atoms with Gasteiger partial charge in [0.25, 0.3) is 0 Å². The van der Waals surface area contributed by atoms with Gasteiger partial charge in [0.05, 0.1) is 46.7 Å². The van der Waals surface area contributed by atoms with Crippen molar-refractivity contribution < 1.29 is 4.79 Å². The molecule has 0 aliphatic carbocycles. The van der Waals surface area contributed by atoms with Crippen LogP contribution in [0, 0.1) is 5.92 Å². The minimum atomic E-state index is -0.0427. The van der Waals surface area contributed by atoms with E-state index in [4.69, 9.17) is 4.98 Å². The molecule has 182 valence electrons. The minimum Gasteiger partial charge on any atom is -0.335 e. The first-order valence-electron chi connectivity index (χ1n) is 11.9. The standard InChI is InChI=1S/C27H23N9O/c1-15(2)7-24(37)32-17-8-16(10-28-11-17)21-9-18-22(14-31-21)35-36-26(18)27-33-23-13-29-12-19(25(23)34-27)20-5-3-4-6-30-20/h3-6,8-15H,7H2,1-2H3,(H,32,37)(H,33,34)(H,35,36). The summed E-state index contributed by atoms with van der Waals surface area (Å²) in [4.78, 5) is 38.1. The largest absolute Gasteiger partial charge is 0.335 e. The molecule has 0 unspecified atom stereocenters. The second-order valence-electron chi connectivity index (χ2n) is 9.18. The molecule has 10 heteroatoms. The zero-order chi connectivity index (χ0) is 25.4. The molecule has 0 aliphatic rings.